The lowest BCUT2D eigenvalue weighted by atomic mass is 9.94. The summed E-state index contributed by atoms with van der Waals surface area (Å²) in [7, 11) is 0. The Hall–Kier alpha value is -1.67. The van der Waals surface area contributed by atoms with E-state index < -0.39 is 23.5 Å². The van der Waals surface area contributed by atoms with Gasteiger partial charge in [-0.2, -0.15) is 0 Å². The summed E-state index contributed by atoms with van der Waals surface area (Å²) in [5.74, 6) is 0. The molecule has 0 aromatic carbocycles. The van der Waals surface area contributed by atoms with Gasteiger partial charge in [0, 0.05) is 23.8 Å². The van der Waals surface area contributed by atoms with Gasteiger partial charge in [-0.15, -0.1) is 11.3 Å². The number of aryl methyl sites for hydroxylation is 1. The van der Waals surface area contributed by atoms with Gasteiger partial charge in [0.2, 0.25) is 0 Å². The minimum atomic E-state index is -1.41. The molecule has 2 N–H and O–H groups in total. The second-order valence-electron chi connectivity index (χ2n) is 7.57. The number of carbonyl (C=O) groups excluding carboxylic acids is 2. The summed E-state index contributed by atoms with van der Waals surface area (Å²) in [5, 5.41) is 14.0. The minimum absolute atomic E-state index is 0.163. The number of aliphatic hydroxyl groups is 1. The maximum Gasteiger partial charge on any atom is 0.415 e. The van der Waals surface area contributed by atoms with Gasteiger partial charge in [0.25, 0.3) is 0 Å². The first-order chi connectivity index (χ1) is 11.0. The molecular weight excluding hydrogens is 330 g/mol. The van der Waals surface area contributed by atoms with Gasteiger partial charge in [-0.25, -0.2) is 19.9 Å². The van der Waals surface area contributed by atoms with Gasteiger partial charge in [-0.1, -0.05) is 0 Å². The van der Waals surface area contributed by atoms with Crippen molar-refractivity contribution in [2.45, 2.75) is 70.7 Å². The highest BCUT2D eigenvalue weighted by molar-refractivity contribution is 7.11. The topological polar surface area (TPSA) is 91.8 Å². The van der Waals surface area contributed by atoms with Crippen molar-refractivity contribution in [1.82, 2.24) is 15.2 Å². The lowest BCUT2D eigenvalue weighted by molar-refractivity contribution is -0.0863. The fourth-order valence-corrected chi connectivity index (χ4v) is 4.63. The summed E-state index contributed by atoms with van der Waals surface area (Å²) in [6.45, 7) is 6.77. The molecule has 24 heavy (non-hydrogen) atoms. The predicted octanol–water partition coefficient (Wildman–Crippen LogP) is 2.21. The molecule has 0 fully saturated rings. The first-order valence-corrected chi connectivity index (χ1v) is 8.90. The Bertz CT molecular complexity index is 674. The van der Waals surface area contributed by atoms with Crippen molar-refractivity contribution >= 4 is 23.5 Å². The predicted molar refractivity (Wildman–Crippen MR) is 88.9 cm³/mol. The van der Waals surface area contributed by atoms with E-state index in [0.29, 0.717) is 12.8 Å². The lowest BCUT2D eigenvalue weighted by Crippen LogP contribution is -2.61. The number of fused-ring (bicyclic) bond motifs is 2. The van der Waals surface area contributed by atoms with Crippen molar-refractivity contribution in [2.24, 2.45) is 0 Å². The van der Waals surface area contributed by atoms with Crippen LogP contribution in [0.15, 0.2) is 0 Å². The van der Waals surface area contributed by atoms with Crippen molar-refractivity contribution < 1.29 is 19.4 Å². The average Bonchev–Trinajstić information content (AvgIpc) is 2.77. The van der Waals surface area contributed by atoms with Crippen LogP contribution in [-0.2, 0) is 24.0 Å². The van der Waals surface area contributed by atoms with Crippen LogP contribution < -0.4 is 5.32 Å². The van der Waals surface area contributed by atoms with E-state index in [-0.39, 0.29) is 12.5 Å². The number of carbonyl (C=O) groups is 2. The Morgan fingerprint density at radius 1 is 1.46 bits per heavy atom. The number of ether oxygens (including phenoxy) is 1. The summed E-state index contributed by atoms with van der Waals surface area (Å²) in [6, 6.07) is -0.793. The number of imide groups is 1. The minimum Gasteiger partial charge on any atom is -0.443 e. The highest BCUT2D eigenvalue weighted by atomic mass is 32.1. The summed E-state index contributed by atoms with van der Waals surface area (Å²) < 4.78 is 5.14. The summed E-state index contributed by atoms with van der Waals surface area (Å²) in [6.07, 6.45) is 1.60. The van der Waals surface area contributed by atoms with Crippen LogP contribution >= 0.6 is 11.3 Å². The lowest BCUT2D eigenvalue weighted by Gasteiger charge is -2.43. The van der Waals surface area contributed by atoms with Crippen molar-refractivity contribution in [2.75, 3.05) is 0 Å². The van der Waals surface area contributed by atoms with Gasteiger partial charge in [-0.05, 0) is 40.5 Å². The fraction of sp³-hybridized carbons (Fsp3) is 0.688. The second-order valence-corrected chi connectivity index (χ2v) is 8.74. The number of urea groups is 1. The highest BCUT2D eigenvalue weighted by Gasteiger charge is 2.44. The van der Waals surface area contributed by atoms with Crippen LogP contribution in [0.5, 0.6) is 0 Å². The molecule has 1 aliphatic heterocycles. The maximum absolute atomic E-state index is 12.7. The van der Waals surface area contributed by atoms with Crippen LogP contribution in [0, 0.1) is 0 Å². The third-order valence-corrected chi connectivity index (χ3v) is 5.27. The van der Waals surface area contributed by atoms with Crippen LogP contribution in [0.3, 0.4) is 0 Å². The van der Waals surface area contributed by atoms with Crippen molar-refractivity contribution in [3.63, 3.8) is 0 Å². The first kappa shape index (κ1) is 17.2. The molecule has 132 valence electrons. The standard InChI is InChI=1S/C16H23N3O4S/c1-15(2,3)23-14(21)18-13(20)19-9-5-6-10-11(7-9)24-12(17-10)8-16(19,4)22/h9,22H,5-8H2,1-4H3,(H,18,20,21)/t9-,16-/m1/s1. The number of amides is 3. The Balaban J connectivity index is 1.82. The van der Waals surface area contributed by atoms with Crippen molar-refractivity contribution in [3.05, 3.63) is 15.6 Å². The second kappa shape index (κ2) is 5.70. The van der Waals surface area contributed by atoms with Gasteiger partial charge in [0.15, 0.2) is 0 Å². The summed E-state index contributed by atoms with van der Waals surface area (Å²) in [5.41, 5.74) is -1.03. The molecule has 7 nitrogen and oxygen atoms in total. The van der Waals surface area contributed by atoms with E-state index in [1.807, 2.05) is 0 Å². The van der Waals surface area contributed by atoms with Crippen LogP contribution in [0.25, 0.3) is 0 Å². The quantitative estimate of drug-likeness (QED) is 0.746. The first-order valence-electron chi connectivity index (χ1n) is 8.08. The molecule has 0 spiro atoms. The monoisotopic (exact) mass is 353 g/mol. The number of nitrogens with zero attached hydrogens (tertiary/aromatic N) is 2. The molecule has 3 bridgehead atoms. The normalized spacial score (nSPS) is 25.9. The number of nitrogens with one attached hydrogen (secondary N) is 1. The van der Waals surface area contributed by atoms with Crippen LogP contribution in [0.2, 0.25) is 0 Å². The van der Waals surface area contributed by atoms with Crippen LogP contribution in [0.4, 0.5) is 9.59 Å². The molecular formula is C16H23N3O4S. The van der Waals surface area contributed by atoms with E-state index in [4.69, 9.17) is 4.74 Å². The fourth-order valence-electron chi connectivity index (χ4n) is 3.31. The molecule has 2 aliphatic rings. The number of hydrogen-bond acceptors (Lipinski definition) is 6. The molecule has 0 saturated carbocycles. The Labute approximate surface area is 145 Å². The van der Waals surface area contributed by atoms with E-state index in [1.165, 1.54) is 9.78 Å². The Morgan fingerprint density at radius 3 is 2.83 bits per heavy atom. The molecule has 2 atom stereocenters. The zero-order chi connectivity index (χ0) is 17.7. The maximum atomic E-state index is 12.7. The van der Waals surface area contributed by atoms with Crippen LogP contribution in [0.1, 0.15) is 49.7 Å². The van der Waals surface area contributed by atoms with E-state index in [9.17, 15) is 14.7 Å². The van der Waals surface area contributed by atoms with E-state index in [1.54, 1.807) is 39.0 Å². The molecule has 2 heterocycles. The van der Waals surface area contributed by atoms with E-state index >= 15 is 0 Å². The van der Waals surface area contributed by atoms with E-state index in [0.717, 1.165) is 17.1 Å². The molecule has 0 saturated heterocycles. The third-order valence-electron chi connectivity index (χ3n) is 4.15. The summed E-state index contributed by atoms with van der Waals surface area (Å²) in [4.78, 5) is 31.7. The van der Waals surface area contributed by atoms with Gasteiger partial charge in [0.05, 0.1) is 10.7 Å². The SMILES string of the molecule is CC(C)(C)OC(=O)NC(=O)N1[C@@H]2CCc3nc(sc3C2)C[C@@]1(C)O. The molecule has 3 amide bonds. The largest absolute Gasteiger partial charge is 0.443 e. The number of thiazole rings is 1. The number of rotatable bonds is 0. The summed E-state index contributed by atoms with van der Waals surface area (Å²) >= 11 is 1.61. The number of aromatic nitrogens is 1. The zero-order valence-electron chi connectivity index (χ0n) is 14.4. The molecule has 8 heteroatoms. The third kappa shape index (κ3) is 3.39. The molecule has 0 radical (unpaired) electrons. The average molecular weight is 353 g/mol. The van der Waals surface area contributed by atoms with Crippen molar-refractivity contribution in [1.29, 1.82) is 0 Å². The molecule has 1 aromatic rings. The number of hydrogen-bond donors (Lipinski definition) is 2. The molecule has 3 rings (SSSR count). The van der Waals surface area contributed by atoms with Gasteiger partial charge in [0.1, 0.15) is 11.3 Å². The Morgan fingerprint density at radius 2 is 2.17 bits per heavy atom. The zero-order valence-corrected chi connectivity index (χ0v) is 15.2. The molecule has 1 aliphatic carbocycles. The van der Waals surface area contributed by atoms with Gasteiger partial charge < -0.3 is 9.84 Å². The van der Waals surface area contributed by atoms with Crippen LogP contribution in [-0.4, -0.2) is 44.5 Å². The molecule has 0 unspecified atom stereocenters. The van der Waals surface area contributed by atoms with Crippen molar-refractivity contribution in [3.8, 4) is 0 Å². The van der Waals surface area contributed by atoms with Gasteiger partial charge in [-0.3, -0.25) is 4.90 Å². The van der Waals surface area contributed by atoms with E-state index in [2.05, 4.69) is 10.3 Å². The number of alkyl carbamates (subject to hydrolysis) is 1. The molecule has 1 aromatic heterocycles. The van der Waals surface area contributed by atoms with Gasteiger partial charge >= 0.3 is 12.1 Å². The highest BCUT2D eigenvalue weighted by Crippen LogP contribution is 2.36. The Kier molecular flexibility index (Phi) is 4.08. The smallest absolute Gasteiger partial charge is 0.415 e.